The molecular weight excluding hydrogens is 298 g/mol. The molecule has 3 heteroatoms. The summed E-state index contributed by atoms with van der Waals surface area (Å²) in [6, 6.07) is 5.66. The summed E-state index contributed by atoms with van der Waals surface area (Å²) in [5, 5.41) is 0.751. The van der Waals surface area contributed by atoms with Crippen LogP contribution in [0.25, 0.3) is 0 Å². The van der Waals surface area contributed by atoms with Crippen LogP contribution in [0.5, 0.6) is 5.75 Å². The second-order valence-corrected chi connectivity index (χ2v) is 4.88. The predicted molar refractivity (Wildman–Crippen MR) is 64.5 cm³/mol. The Morgan fingerprint density at radius 1 is 1.46 bits per heavy atom. The lowest BCUT2D eigenvalue weighted by atomic mass is 10.2. The number of rotatable bonds is 3. The van der Waals surface area contributed by atoms with Crippen molar-refractivity contribution in [3.05, 3.63) is 26.8 Å². The lowest BCUT2D eigenvalue weighted by molar-refractivity contribution is 0.269. The first-order valence-electron chi connectivity index (χ1n) is 4.17. The van der Waals surface area contributed by atoms with E-state index in [9.17, 15) is 0 Å². The third-order valence-corrected chi connectivity index (χ3v) is 2.54. The molecule has 0 heterocycles. The first-order chi connectivity index (χ1) is 6.09. The van der Waals surface area contributed by atoms with Crippen molar-refractivity contribution in [1.82, 2.24) is 0 Å². The van der Waals surface area contributed by atoms with Gasteiger partial charge in [-0.25, -0.2) is 0 Å². The molecule has 0 aliphatic rings. The van der Waals surface area contributed by atoms with E-state index in [0.29, 0.717) is 5.92 Å². The molecule has 0 N–H and O–H groups in total. The van der Waals surface area contributed by atoms with E-state index in [0.717, 1.165) is 20.9 Å². The molecule has 0 aliphatic heterocycles. The summed E-state index contributed by atoms with van der Waals surface area (Å²) in [6.07, 6.45) is 0. The number of hydrogen-bond acceptors (Lipinski definition) is 1. The molecule has 0 aliphatic carbocycles. The van der Waals surface area contributed by atoms with Crippen LogP contribution >= 0.6 is 34.2 Å². The Morgan fingerprint density at radius 2 is 2.15 bits per heavy atom. The van der Waals surface area contributed by atoms with Gasteiger partial charge in [0.1, 0.15) is 5.75 Å². The zero-order chi connectivity index (χ0) is 9.84. The molecule has 0 radical (unpaired) electrons. The van der Waals surface area contributed by atoms with Gasteiger partial charge < -0.3 is 4.74 Å². The van der Waals surface area contributed by atoms with Crippen molar-refractivity contribution in [3.63, 3.8) is 0 Å². The summed E-state index contributed by atoms with van der Waals surface area (Å²) < 4.78 is 6.65. The van der Waals surface area contributed by atoms with Crippen molar-refractivity contribution < 1.29 is 4.74 Å². The highest BCUT2D eigenvalue weighted by Crippen LogP contribution is 2.24. The van der Waals surface area contributed by atoms with Crippen molar-refractivity contribution >= 4 is 34.2 Å². The van der Waals surface area contributed by atoms with E-state index in [2.05, 4.69) is 36.4 Å². The second kappa shape index (κ2) is 5.05. The second-order valence-electron chi connectivity index (χ2n) is 3.28. The molecule has 0 bridgehead atoms. The average molecular weight is 311 g/mol. The molecule has 0 saturated carbocycles. The van der Waals surface area contributed by atoms with Gasteiger partial charge in [0.25, 0.3) is 0 Å². The summed E-state index contributed by atoms with van der Waals surface area (Å²) in [4.78, 5) is 0. The molecule has 0 saturated heterocycles. The monoisotopic (exact) mass is 310 g/mol. The van der Waals surface area contributed by atoms with E-state index in [1.54, 1.807) is 0 Å². The van der Waals surface area contributed by atoms with Crippen LogP contribution in [-0.2, 0) is 0 Å². The highest BCUT2D eigenvalue weighted by Gasteiger charge is 2.02. The number of ether oxygens (including phenoxy) is 1. The summed E-state index contributed by atoms with van der Waals surface area (Å²) in [5.74, 6) is 1.46. The molecule has 72 valence electrons. The van der Waals surface area contributed by atoms with Crippen LogP contribution in [-0.4, -0.2) is 6.61 Å². The molecular formula is C10H12ClIO. The Labute approximate surface area is 97.6 Å². The largest absolute Gasteiger partial charge is 0.492 e. The summed E-state index contributed by atoms with van der Waals surface area (Å²) in [5.41, 5.74) is 0. The van der Waals surface area contributed by atoms with Crippen molar-refractivity contribution in [1.29, 1.82) is 0 Å². The van der Waals surface area contributed by atoms with Crippen molar-refractivity contribution in [2.24, 2.45) is 5.92 Å². The van der Waals surface area contributed by atoms with Gasteiger partial charge >= 0.3 is 0 Å². The Balaban J connectivity index is 2.67. The van der Waals surface area contributed by atoms with E-state index < -0.39 is 0 Å². The molecule has 1 rings (SSSR count). The maximum atomic E-state index is 5.82. The summed E-state index contributed by atoms with van der Waals surface area (Å²) in [7, 11) is 0. The van der Waals surface area contributed by atoms with E-state index in [-0.39, 0.29) is 0 Å². The minimum atomic E-state index is 0.548. The third kappa shape index (κ3) is 3.73. The maximum absolute atomic E-state index is 5.82. The molecule has 0 unspecified atom stereocenters. The number of hydrogen-bond donors (Lipinski definition) is 0. The number of halogens is 2. The minimum absolute atomic E-state index is 0.548. The summed E-state index contributed by atoms with van der Waals surface area (Å²) in [6.45, 7) is 5.00. The molecule has 0 fully saturated rings. The van der Waals surface area contributed by atoms with Crippen LogP contribution in [0.4, 0.5) is 0 Å². The molecule has 1 aromatic rings. The quantitative estimate of drug-likeness (QED) is 0.767. The molecule has 0 atom stereocenters. The van der Waals surface area contributed by atoms with Gasteiger partial charge in [0.2, 0.25) is 0 Å². The van der Waals surface area contributed by atoms with Crippen molar-refractivity contribution in [2.75, 3.05) is 6.61 Å². The lowest BCUT2D eigenvalue weighted by Crippen LogP contribution is -2.05. The smallest absolute Gasteiger partial charge is 0.132 e. The van der Waals surface area contributed by atoms with Crippen molar-refractivity contribution in [3.8, 4) is 5.75 Å². The average Bonchev–Trinajstić information content (AvgIpc) is 2.02. The normalized spacial score (nSPS) is 10.5. The van der Waals surface area contributed by atoms with E-state index in [1.807, 2.05) is 18.2 Å². The van der Waals surface area contributed by atoms with Crippen molar-refractivity contribution in [2.45, 2.75) is 13.8 Å². The summed E-state index contributed by atoms with van der Waals surface area (Å²) >= 11 is 8.04. The van der Waals surface area contributed by atoms with Gasteiger partial charge in [-0.3, -0.25) is 0 Å². The van der Waals surface area contributed by atoms with E-state index >= 15 is 0 Å². The fourth-order valence-corrected chi connectivity index (χ4v) is 1.88. The van der Waals surface area contributed by atoms with Crippen LogP contribution in [0.2, 0.25) is 5.02 Å². The molecule has 13 heavy (non-hydrogen) atoms. The topological polar surface area (TPSA) is 9.23 Å². The Bertz CT molecular complexity index is 286. The standard InChI is InChI=1S/C10H12ClIO/c1-7(2)6-13-10-4-3-8(11)5-9(10)12/h3-5,7H,6H2,1-2H3. The van der Waals surface area contributed by atoms with Crippen LogP contribution in [0, 0.1) is 9.49 Å². The Hall–Kier alpha value is 0.0400. The predicted octanol–water partition coefficient (Wildman–Crippen LogP) is 3.98. The highest BCUT2D eigenvalue weighted by molar-refractivity contribution is 14.1. The van der Waals surface area contributed by atoms with Gasteiger partial charge in [-0.15, -0.1) is 0 Å². The maximum Gasteiger partial charge on any atom is 0.132 e. The van der Waals surface area contributed by atoms with Gasteiger partial charge in [-0.1, -0.05) is 25.4 Å². The molecule has 1 nitrogen and oxygen atoms in total. The Morgan fingerprint density at radius 3 is 2.69 bits per heavy atom. The molecule has 0 spiro atoms. The minimum Gasteiger partial charge on any atom is -0.492 e. The zero-order valence-electron chi connectivity index (χ0n) is 7.68. The van der Waals surface area contributed by atoms with Gasteiger partial charge in [-0.05, 0) is 46.7 Å². The van der Waals surface area contributed by atoms with Crippen LogP contribution in [0.1, 0.15) is 13.8 Å². The van der Waals surface area contributed by atoms with Gasteiger partial charge in [-0.2, -0.15) is 0 Å². The lowest BCUT2D eigenvalue weighted by Gasteiger charge is -2.10. The SMILES string of the molecule is CC(C)COc1ccc(Cl)cc1I. The fourth-order valence-electron chi connectivity index (χ4n) is 0.849. The number of benzene rings is 1. The molecule has 1 aromatic carbocycles. The van der Waals surface area contributed by atoms with Gasteiger partial charge in [0.05, 0.1) is 10.2 Å². The first kappa shape index (κ1) is 11.1. The van der Waals surface area contributed by atoms with Gasteiger partial charge in [0.15, 0.2) is 0 Å². The van der Waals surface area contributed by atoms with E-state index in [4.69, 9.17) is 16.3 Å². The Kier molecular flexibility index (Phi) is 4.32. The molecule has 0 aromatic heterocycles. The van der Waals surface area contributed by atoms with Gasteiger partial charge in [0, 0.05) is 5.02 Å². The highest BCUT2D eigenvalue weighted by atomic mass is 127. The van der Waals surface area contributed by atoms with Crippen LogP contribution in [0.15, 0.2) is 18.2 Å². The fraction of sp³-hybridized carbons (Fsp3) is 0.400. The van der Waals surface area contributed by atoms with E-state index in [1.165, 1.54) is 0 Å². The zero-order valence-corrected chi connectivity index (χ0v) is 10.6. The van der Waals surface area contributed by atoms with Crippen LogP contribution in [0.3, 0.4) is 0 Å². The van der Waals surface area contributed by atoms with Crippen LogP contribution < -0.4 is 4.74 Å². The first-order valence-corrected chi connectivity index (χ1v) is 5.63. The molecule has 0 amide bonds. The third-order valence-electron chi connectivity index (χ3n) is 1.47.